The fourth-order valence-corrected chi connectivity index (χ4v) is 4.41. The number of aromatic nitrogens is 1. The van der Waals surface area contributed by atoms with Crippen LogP contribution in [0.25, 0.3) is 0 Å². The van der Waals surface area contributed by atoms with Crippen LogP contribution >= 0.6 is 11.3 Å². The molecule has 1 aliphatic heterocycles. The van der Waals surface area contributed by atoms with E-state index in [1.807, 2.05) is 0 Å². The minimum Gasteiger partial charge on any atom is -0.375 e. The zero-order valence-corrected chi connectivity index (χ0v) is 10.8. The predicted molar refractivity (Wildman–Crippen MR) is 63.0 cm³/mol. The lowest BCUT2D eigenvalue weighted by Crippen LogP contribution is -2.49. The standard InChI is InChI=1S/C8H12N4O3S2/c1-5-7(16-8(9)11-5)17(14,15)12-3-2-10-6(13)4-12/h2-4H2,1H3,(H2,9,11)(H,10,13). The van der Waals surface area contributed by atoms with Gasteiger partial charge in [0.25, 0.3) is 10.0 Å². The van der Waals surface area contributed by atoms with E-state index < -0.39 is 10.0 Å². The van der Waals surface area contributed by atoms with Gasteiger partial charge in [-0.25, -0.2) is 13.4 Å². The molecule has 0 saturated carbocycles. The molecular weight excluding hydrogens is 264 g/mol. The molecule has 0 bridgehead atoms. The average molecular weight is 276 g/mol. The molecule has 3 N–H and O–H groups in total. The number of nitrogens with two attached hydrogens (primary N) is 1. The summed E-state index contributed by atoms with van der Waals surface area (Å²) < 4.78 is 25.7. The van der Waals surface area contributed by atoms with Crippen LogP contribution in [0.2, 0.25) is 0 Å². The number of nitrogens with one attached hydrogen (secondary N) is 1. The molecule has 2 rings (SSSR count). The average Bonchev–Trinajstić information content (AvgIpc) is 2.58. The highest BCUT2D eigenvalue weighted by molar-refractivity contribution is 7.91. The number of carbonyl (C=O) groups excluding carboxylic acids is 1. The van der Waals surface area contributed by atoms with Gasteiger partial charge in [-0.1, -0.05) is 11.3 Å². The molecule has 9 heteroatoms. The fourth-order valence-electron chi connectivity index (χ4n) is 1.58. The number of hydrogen-bond donors (Lipinski definition) is 2. The quantitative estimate of drug-likeness (QED) is 0.732. The summed E-state index contributed by atoms with van der Waals surface area (Å²) in [5.74, 6) is -0.296. The number of nitrogen functional groups attached to an aromatic ring is 1. The lowest BCUT2D eigenvalue weighted by atomic mass is 10.4. The third-order valence-electron chi connectivity index (χ3n) is 2.35. The number of carbonyl (C=O) groups is 1. The lowest BCUT2D eigenvalue weighted by Gasteiger charge is -2.25. The molecule has 1 aromatic heterocycles. The fraction of sp³-hybridized carbons (Fsp3) is 0.500. The van der Waals surface area contributed by atoms with Crippen LogP contribution in [0.5, 0.6) is 0 Å². The van der Waals surface area contributed by atoms with E-state index in [4.69, 9.17) is 5.73 Å². The number of rotatable bonds is 2. The molecule has 1 saturated heterocycles. The molecule has 0 radical (unpaired) electrons. The normalized spacial score (nSPS) is 18.1. The first-order valence-electron chi connectivity index (χ1n) is 4.91. The molecular formula is C8H12N4O3S2. The smallest absolute Gasteiger partial charge is 0.255 e. The highest BCUT2D eigenvalue weighted by Gasteiger charge is 2.32. The van der Waals surface area contributed by atoms with Crippen molar-refractivity contribution in [3.05, 3.63) is 5.69 Å². The number of nitrogens with zero attached hydrogens (tertiary/aromatic N) is 2. The minimum atomic E-state index is -3.66. The van der Waals surface area contributed by atoms with Gasteiger partial charge in [0.1, 0.15) is 0 Å². The highest BCUT2D eigenvalue weighted by atomic mass is 32.2. The SMILES string of the molecule is Cc1nc(N)sc1S(=O)(=O)N1CCNC(=O)C1. The van der Waals surface area contributed by atoms with Crippen molar-refractivity contribution in [2.75, 3.05) is 25.4 Å². The Labute approximate surface area is 103 Å². The van der Waals surface area contributed by atoms with Crippen molar-refractivity contribution in [3.63, 3.8) is 0 Å². The number of amides is 1. The predicted octanol–water partition coefficient (Wildman–Crippen LogP) is -0.846. The topological polar surface area (TPSA) is 105 Å². The van der Waals surface area contributed by atoms with Crippen LogP contribution < -0.4 is 11.1 Å². The molecule has 0 spiro atoms. The molecule has 0 aromatic carbocycles. The van der Waals surface area contributed by atoms with Crippen LogP contribution in [-0.2, 0) is 14.8 Å². The summed E-state index contributed by atoms with van der Waals surface area (Å²) in [5.41, 5.74) is 5.85. The summed E-state index contributed by atoms with van der Waals surface area (Å²) in [6, 6.07) is 0. The van der Waals surface area contributed by atoms with E-state index in [1.165, 1.54) is 0 Å². The van der Waals surface area contributed by atoms with Gasteiger partial charge in [0, 0.05) is 13.1 Å². The molecule has 1 aliphatic rings. The third-order valence-corrected chi connectivity index (χ3v) is 5.77. The molecule has 17 heavy (non-hydrogen) atoms. The van der Waals surface area contributed by atoms with E-state index in [-0.39, 0.29) is 28.3 Å². The van der Waals surface area contributed by atoms with Crippen LogP contribution in [0, 0.1) is 6.92 Å². The van der Waals surface area contributed by atoms with Crippen molar-refractivity contribution in [1.82, 2.24) is 14.6 Å². The van der Waals surface area contributed by atoms with Crippen LogP contribution in [-0.4, -0.2) is 43.2 Å². The number of anilines is 1. The number of aryl methyl sites for hydroxylation is 1. The van der Waals surface area contributed by atoms with E-state index >= 15 is 0 Å². The van der Waals surface area contributed by atoms with Gasteiger partial charge in [-0.15, -0.1) is 0 Å². The molecule has 7 nitrogen and oxygen atoms in total. The molecule has 94 valence electrons. The second-order valence-corrected chi connectivity index (χ2v) is 6.78. The second-order valence-electron chi connectivity index (χ2n) is 3.61. The molecule has 1 aromatic rings. The van der Waals surface area contributed by atoms with Gasteiger partial charge in [0.15, 0.2) is 9.34 Å². The van der Waals surface area contributed by atoms with Crippen LogP contribution in [0.15, 0.2) is 4.21 Å². The number of thiazole rings is 1. The monoisotopic (exact) mass is 276 g/mol. The summed E-state index contributed by atoms with van der Waals surface area (Å²) in [6.07, 6.45) is 0. The van der Waals surface area contributed by atoms with Gasteiger partial charge in [-0.3, -0.25) is 4.79 Å². The maximum Gasteiger partial charge on any atom is 0.255 e. The Bertz CT molecular complexity index is 551. The molecule has 1 fully saturated rings. The summed E-state index contributed by atoms with van der Waals surface area (Å²) >= 11 is 0.922. The molecule has 0 unspecified atom stereocenters. The summed E-state index contributed by atoms with van der Waals surface area (Å²) in [5, 5.41) is 2.78. The van der Waals surface area contributed by atoms with E-state index in [0.717, 1.165) is 15.6 Å². The lowest BCUT2D eigenvalue weighted by molar-refractivity contribution is -0.122. The number of piperazine rings is 1. The van der Waals surface area contributed by atoms with E-state index in [2.05, 4.69) is 10.3 Å². The van der Waals surface area contributed by atoms with Gasteiger partial charge in [0.05, 0.1) is 12.2 Å². The Morgan fingerprint density at radius 2 is 2.24 bits per heavy atom. The van der Waals surface area contributed by atoms with Crippen molar-refractivity contribution in [3.8, 4) is 0 Å². The molecule has 0 aliphatic carbocycles. The van der Waals surface area contributed by atoms with Crippen molar-refractivity contribution in [2.24, 2.45) is 0 Å². The second kappa shape index (κ2) is 4.24. The van der Waals surface area contributed by atoms with Crippen molar-refractivity contribution >= 4 is 32.4 Å². The first-order chi connectivity index (χ1) is 7.91. The van der Waals surface area contributed by atoms with Crippen LogP contribution in [0.4, 0.5) is 5.13 Å². The Morgan fingerprint density at radius 1 is 1.53 bits per heavy atom. The Kier molecular flexibility index (Phi) is 3.06. The molecule has 2 heterocycles. The van der Waals surface area contributed by atoms with Crippen LogP contribution in [0.3, 0.4) is 0 Å². The number of hydrogen-bond acceptors (Lipinski definition) is 6. The Balaban J connectivity index is 2.36. The van der Waals surface area contributed by atoms with Gasteiger partial charge in [-0.05, 0) is 6.92 Å². The zero-order valence-electron chi connectivity index (χ0n) is 9.13. The number of sulfonamides is 1. The summed E-state index contributed by atoms with van der Waals surface area (Å²) in [4.78, 5) is 15.1. The minimum absolute atomic E-state index is 0.115. The maximum atomic E-state index is 12.2. The van der Waals surface area contributed by atoms with Crippen molar-refractivity contribution < 1.29 is 13.2 Å². The summed E-state index contributed by atoms with van der Waals surface area (Å²) in [7, 11) is -3.66. The van der Waals surface area contributed by atoms with E-state index in [1.54, 1.807) is 6.92 Å². The van der Waals surface area contributed by atoms with Gasteiger partial charge in [-0.2, -0.15) is 4.31 Å². The van der Waals surface area contributed by atoms with E-state index in [0.29, 0.717) is 12.2 Å². The summed E-state index contributed by atoms with van der Waals surface area (Å²) in [6.45, 7) is 2.03. The van der Waals surface area contributed by atoms with E-state index in [9.17, 15) is 13.2 Å². The zero-order chi connectivity index (χ0) is 12.6. The van der Waals surface area contributed by atoms with Gasteiger partial charge >= 0.3 is 0 Å². The van der Waals surface area contributed by atoms with Gasteiger partial charge in [0.2, 0.25) is 5.91 Å². The van der Waals surface area contributed by atoms with Crippen molar-refractivity contribution in [2.45, 2.75) is 11.1 Å². The first-order valence-corrected chi connectivity index (χ1v) is 7.16. The maximum absolute atomic E-state index is 12.2. The first kappa shape index (κ1) is 12.3. The molecule has 1 amide bonds. The highest BCUT2D eigenvalue weighted by Crippen LogP contribution is 2.28. The van der Waals surface area contributed by atoms with Crippen molar-refractivity contribution in [1.29, 1.82) is 0 Å². The Morgan fingerprint density at radius 3 is 2.76 bits per heavy atom. The van der Waals surface area contributed by atoms with Crippen LogP contribution in [0.1, 0.15) is 5.69 Å². The van der Waals surface area contributed by atoms with Gasteiger partial charge < -0.3 is 11.1 Å². The third kappa shape index (κ3) is 2.26. The largest absolute Gasteiger partial charge is 0.375 e. The Hall–Kier alpha value is -1.19. The molecule has 0 atom stereocenters.